The second-order valence-corrected chi connectivity index (χ2v) is 5.72. The molecule has 108 valence electrons. The quantitative estimate of drug-likeness (QED) is 0.900. The van der Waals surface area contributed by atoms with Crippen LogP contribution in [0.1, 0.15) is 5.56 Å². The number of sulfonamides is 1. The lowest BCUT2D eigenvalue weighted by molar-refractivity contribution is 0.598. The number of hydrogen-bond acceptors (Lipinski definition) is 5. The van der Waals surface area contributed by atoms with Gasteiger partial charge in [0, 0.05) is 19.3 Å². The predicted molar refractivity (Wildman–Crippen MR) is 75.7 cm³/mol. The summed E-state index contributed by atoms with van der Waals surface area (Å²) in [5.41, 5.74) is -0.117. The fourth-order valence-electron chi connectivity index (χ4n) is 1.59. The van der Waals surface area contributed by atoms with Crippen LogP contribution in [0.15, 0.2) is 41.4 Å². The second kappa shape index (κ2) is 5.76. The van der Waals surface area contributed by atoms with Gasteiger partial charge in [0.05, 0.1) is 22.2 Å². The molecule has 0 unspecified atom stereocenters. The van der Waals surface area contributed by atoms with E-state index in [0.29, 0.717) is 5.82 Å². The van der Waals surface area contributed by atoms with Gasteiger partial charge in [0.1, 0.15) is 11.6 Å². The molecule has 0 aliphatic carbocycles. The van der Waals surface area contributed by atoms with Gasteiger partial charge in [-0.25, -0.2) is 17.8 Å². The lowest BCUT2D eigenvalue weighted by Crippen LogP contribution is -2.14. The van der Waals surface area contributed by atoms with Gasteiger partial charge in [-0.1, -0.05) is 0 Å². The SMILES string of the molecule is CNc1cc(S(=O)(=O)Nc2ccc(C#N)cc2F)ccn1. The Morgan fingerprint density at radius 1 is 1.29 bits per heavy atom. The van der Waals surface area contributed by atoms with Gasteiger partial charge >= 0.3 is 0 Å². The van der Waals surface area contributed by atoms with Gasteiger partial charge in [-0.2, -0.15) is 5.26 Å². The number of nitrogens with zero attached hydrogens (tertiary/aromatic N) is 2. The van der Waals surface area contributed by atoms with Crippen LogP contribution in [0.5, 0.6) is 0 Å². The number of nitriles is 1. The molecule has 2 rings (SSSR count). The second-order valence-electron chi connectivity index (χ2n) is 4.04. The van der Waals surface area contributed by atoms with Gasteiger partial charge in [0.2, 0.25) is 0 Å². The molecule has 0 bridgehead atoms. The highest BCUT2D eigenvalue weighted by Crippen LogP contribution is 2.21. The number of aromatic nitrogens is 1. The molecule has 1 heterocycles. The molecule has 0 aliphatic rings. The van der Waals surface area contributed by atoms with Crippen molar-refractivity contribution >= 4 is 21.5 Å². The van der Waals surface area contributed by atoms with E-state index < -0.39 is 15.8 Å². The Morgan fingerprint density at radius 3 is 2.67 bits per heavy atom. The highest BCUT2D eigenvalue weighted by atomic mass is 32.2. The lowest BCUT2D eigenvalue weighted by atomic mass is 10.2. The van der Waals surface area contributed by atoms with Crippen molar-refractivity contribution in [2.75, 3.05) is 17.1 Å². The van der Waals surface area contributed by atoms with Crippen molar-refractivity contribution in [1.82, 2.24) is 4.98 Å². The normalized spacial score (nSPS) is 10.7. The summed E-state index contributed by atoms with van der Waals surface area (Å²) < 4.78 is 40.2. The van der Waals surface area contributed by atoms with Crippen molar-refractivity contribution < 1.29 is 12.8 Å². The first-order chi connectivity index (χ1) is 9.96. The van der Waals surface area contributed by atoms with Crippen LogP contribution in [-0.4, -0.2) is 20.4 Å². The van der Waals surface area contributed by atoms with Crippen molar-refractivity contribution in [3.63, 3.8) is 0 Å². The summed E-state index contributed by atoms with van der Waals surface area (Å²) in [6, 6.07) is 7.88. The Kier molecular flexibility index (Phi) is 4.05. The number of anilines is 2. The molecule has 8 heteroatoms. The minimum absolute atomic E-state index is 0.0504. The summed E-state index contributed by atoms with van der Waals surface area (Å²) in [4.78, 5) is 3.85. The summed E-state index contributed by atoms with van der Waals surface area (Å²) in [5.74, 6) is -0.446. The average molecular weight is 306 g/mol. The van der Waals surface area contributed by atoms with Gasteiger partial charge in [0.25, 0.3) is 10.0 Å². The first-order valence-electron chi connectivity index (χ1n) is 5.82. The molecule has 0 spiro atoms. The maximum Gasteiger partial charge on any atom is 0.262 e. The van der Waals surface area contributed by atoms with Crippen molar-refractivity contribution in [3.8, 4) is 6.07 Å². The van der Waals surface area contributed by atoms with Crippen molar-refractivity contribution in [2.45, 2.75) is 4.90 Å². The van der Waals surface area contributed by atoms with E-state index in [1.54, 1.807) is 13.1 Å². The van der Waals surface area contributed by atoms with E-state index in [-0.39, 0.29) is 16.1 Å². The molecule has 1 aromatic heterocycles. The molecule has 21 heavy (non-hydrogen) atoms. The first kappa shape index (κ1) is 14.7. The number of hydrogen-bond donors (Lipinski definition) is 2. The largest absolute Gasteiger partial charge is 0.373 e. The zero-order valence-corrected chi connectivity index (χ0v) is 11.8. The summed E-state index contributed by atoms with van der Waals surface area (Å²) in [7, 11) is -2.34. The Balaban J connectivity index is 2.35. The number of rotatable bonds is 4. The van der Waals surface area contributed by atoms with Crippen LogP contribution in [0.3, 0.4) is 0 Å². The minimum Gasteiger partial charge on any atom is -0.373 e. The van der Waals surface area contributed by atoms with Crippen LogP contribution in [0, 0.1) is 17.1 Å². The molecule has 0 amide bonds. The van der Waals surface area contributed by atoms with Gasteiger partial charge < -0.3 is 5.32 Å². The molecule has 0 atom stereocenters. The van der Waals surface area contributed by atoms with Gasteiger partial charge in [-0.3, -0.25) is 4.72 Å². The smallest absolute Gasteiger partial charge is 0.262 e. The molecule has 2 aromatic rings. The highest BCUT2D eigenvalue weighted by molar-refractivity contribution is 7.92. The Morgan fingerprint density at radius 2 is 2.05 bits per heavy atom. The standard InChI is InChI=1S/C13H11FN4O2S/c1-16-13-7-10(4-5-17-13)21(19,20)18-12-3-2-9(8-15)6-11(12)14/h2-7,18H,1H3,(H,16,17). The Labute approximate surface area is 121 Å². The molecular formula is C13H11FN4O2S. The van der Waals surface area contributed by atoms with E-state index in [2.05, 4.69) is 15.0 Å². The summed E-state index contributed by atoms with van der Waals surface area (Å²) in [6.07, 6.45) is 1.33. The maximum atomic E-state index is 13.7. The Bertz CT molecular complexity index is 815. The maximum absolute atomic E-state index is 13.7. The third kappa shape index (κ3) is 3.27. The van der Waals surface area contributed by atoms with Crippen LogP contribution < -0.4 is 10.0 Å². The number of pyridine rings is 1. The van der Waals surface area contributed by atoms with Gasteiger partial charge in [-0.05, 0) is 24.3 Å². The van der Waals surface area contributed by atoms with Gasteiger partial charge in [-0.15, -0.1) is 0 Å². The molecule has 0 radical (unpaired) electrons. The number of benzene rings is 1. The zero-order chi connectivity index (χ0) is 15.5. The first-order valence-corrected chi connectivity index (χ1v) is 7.31. The van der Waals surface area contributed by atoms with Crippen molar-refractivity contribution in [1.29, 1.82) is 5.26 Å². The molecule has 1 aromatic carbocycles. The summed E-state index contributed by atoms with van der Waals surface area (Å²) in [6.45, 7) is 0. The van der Waals surface area contributed by atoms with E-state index in [0.717, 1.165) is 6.07 Å². The molecule has 0 saturated carbocycles. The van der Waals surface area contributed by atoms with Crippen LogP contribution in [0.25, 0.3) is 0 Å². The van der Waals surface area contributed by atoms with E-state index in [4.69, 9.17) is 5.26 Å². The van der Waals surface area contributed by atoms with Crippen molar-refractivity contribution in [3.05, 3.63) is 47.9 Å². The third-order valence-corrected chi connectivity index (χ3v) is 4.00. The number of halogens is 1. The van der Waals surface area contributed by atoms with E-state index in [1.165, 1.54) is 30.5 Å². The zero-order valence-electron chi connectivity index (χ0n) is 11.0. The predicted octanol–water partition coefficient (Wildman–Crippen LogP) is 1.93. The topological polar surface area (TPSA) is 94.9 Å². The third-order valence-electron chi connectivity index (χ3n) is 2.64. The van der Waals surface area contributed by atoms with Crippen LogP contribution in [0.4, 0.5) is 15.9 Å². The van der Waals surface area contributed by atoms with Crippen LogP contribution in [0.2, 0.25) is 0 Å². The minimum atomic E-state index is -3.94. The number of nitrogens with one attached hydrogen (secondary N) is 2. The molecule has 0 saturated heterocycles. The lowest BCUT2D eigenvalue weighted by Gasteiger charge is -2.09. The van der Waals surface area contributed by atoms with E-state index in [9.17, 15) is 12.8 Å². The van der Waals surface area contributed by atoms with Crippen LogP contribution >= 0.6 is 0 Å². The molecule has 0 fully saturated rings. The van der Waals surface area contributed by atoms with Crippen molar-refractivity contribution in [2.24, 2.45) is 0 Å². The molecule has 0 aliphatic heterocycles. The van der Waals surface area contributed by atoms with E-state index in [1.807, 2.05) is 0 Å². The molecule has 2 N–H and O–H groups in total. The fourth-order valence-corrected chi connectivity index (χ4v) is 2.67. The monoisotopic (exact) mass is 306 g/mol. The summed E-state index contributed by atoms with van der Waals surface area (Å²) >= 11 is 0. The van der Waals surface area contributed by atoms with Gasteiger partial charge in [0.15, 0.2) is 0 Å². The summed E-state index contributed by atoms with van der Waals surface area (Å²) in [5, 5.41) is 11.4. The Hall–Kier alpha value is -2.66. The highest BCUT2D eigenvalue weighted by Gasteiger charge is 2.17. The average Bonchev–Trinajstić information content (AvgIpc) is 2.49. The van der Waals surface area contributed by atoms with E-state index >= 15 is 0 Å². The fraction of sp³-hybridized carbons (Fsp3) is 0.0769. The molecule has 6 nitrogen and oxygen atoms in total. The van der Waals surface area contributed by atoms with Crippen LogP contribution in [-0.2, 0) is 10.0 Å². The molecular weight excluding hydrogens is 295 g/mol.